The zero-order valence-electron chi connectivity index (χ0n) is 8.27. The van der Waals surface area contributed by atoms with Crippen LogP contribution in [0.5, 0.6) is 0 Å². The van der Waals surface area contributed by atoms with E-state index in [1.54, 1.807) is 23.5 Å². The third-order valence-electron chi connectivity index (χ3n) is 2.34. The van der Waals surface area contributed by atoms with Crippen LogP contribution in [-0.4, -0.2) is 5.11 Å². The van der Waals surface area contributed by atoms with Gasteiger partial charge in [-0.1, -0.05) is 23.7 Å². The first kappa shape index (κ1) is 10.7. The Hall–Kier alpha value is -0.830. The maximum atomic E-state index is 10.1. The summed E-state index contributed by atoms with van der Waals surface area (Å²) in [6.45, 7) is 2.00. The Labute approximate surface area is 98.0 Å². The van der Waals surface area contributed by atoms with Crippen LogP contribution < -0.4 is 0 Å². The van der Waals surface area contributed by atoms with Gasteiger partial charge < -0.3 is 5.11 Å². The van der Waals surface area contributed by atoms with Crippen LogP contribution in [0.3, 0.4) is 0 Å². The Bertz CT molecular complexity index is 447. The molecule has 0 aliphatic heterocycles. The minimum absolute atomic E-state index is 0.540. The summed E-state index contributed by atoms with van der Waals surface area (Å²) in [5.74, 6) is 0. The molecule has 1 heterocycles. The van der Waals surface area contributed by atoms with E-state index in [1.807, 2.05) is 30.5 Å². The molecule has 0 aliphatic rings. The lowest BCUT2D eigenvalue weighted by molar-refractivity contribution is 0.223. The van der Waals surface area contributed by atoms with Crippen molar-refractivity contribution in [3.05, 3.63) is 56.7 Å². The summed E-state index contributed by atoms with van der Waals surface area (Å²) in [4.78, 5) is 0.998. The molecule has 1 aromatic heterocycles. The maximum absolute atomic E-state index is 10.1. The van der Waals surface area contributed by atoms with Gasteiger partial charge in [-0.15, -0.1) is 11.3 Å². The molecule has 0 saturated heterocycles. The summed E-state index contributed by atoms with van der Waals surface area (Å²) in [6, 6.07) is 9.31. The van der Waals surface area contributed by atoms with Gasteiger partial charge in [0.25, 0.3) is 0 Å². The molecule has 1 nitrogen and oxygen atoms in total. The van der Waals surface area contributed by atoms with Gasteiger partial charge in [-0.25, -0.2) is 0 Å². The summed E-state index contributed by atoms with van der Waals surface area (Å²) < 4.78 is 0. The van der Waals surface area contributed by atoms with E-state index < -0.39 is 6.10 Å². The average Bonchev–Trinajstić information content (AvgIpc) is 2.65. The van der Waals surface area contributed by atoms with Crippen LogP contribution in [-0.2, 0) is 0 Å². The van der Waals surface area contributed by atoms with E-state index in [2.05, 4.69) is 0 Å². The van der Waals surface area contributed by atoms with E-state index in [0.29, 0.717) is 5.02 Å². The number of rotatable bonds is 2. The Morgan fingerprint density at radius 3 is 2.40 bits per heavy atom. The van der Waals surface area contributed by atoms with Crippen LogP contribution in [0.15, 0.2) is 35.7 Å². The summed E-state index contributed by atoms with van der Waals surface area (Å²) in [6.07, 6.45) is -0.540. The summed E-state index contributed by atoms with van der Waals surface area (Å²) in [5.41, 5.74) is 2.01. The molecule has 78 valence electrons. The minimum atomic E-state index is -0.540. The van der Waals surface area contributed by atoms with Crippen molar-refractivity contribution in [2.24, 2.45) is 0 Å². The number of thiophene rings is 1. The predicted molar refractivity (Wildman–Crippen MR) is 64.6 cm³/mol. The molecule has 1 unspecified atom stereocenters. The van der Waals surface area contributed by atoms with Gasteiger partial charge in [-0.2, -0.15) is 0 Å². The van der Waals surface area contributed by atoms with Crippen molar-refractivity contribution in [2.45, 2.75) is 13.0 Å². The molecule has 1 N–H and O–H groups in total. The zero-order chi connectivity index (χ0) is 10.8. The third-order valence-corrected chi connectivity index (χ3v) is 3.66. The van der Waals surface area contributed by atoms with Crippen LogP contribution in [0, 0.1) is 6.92 Å². The highest BCUT2D eigenvalue weighted by Gasteiger charge is 2.13. The molecule has 1 aromatic carbocycles. The molecule has 0 amide bonds. The number of aliphatic hydroxyl groups excluding tert-OH is 1. The Morgan fingerprint density at radius 2 is 1.87 bits per heavy atom. The molecule has 2 aromatic rings. The minimum Gasteiger partial charge on any atom is -0.383 e. The van der Waals surface area contributed by atoms with Crippen molar-refractivity contribution in [1.29, 1.82) is 0 Å². The monoisotopic (exact) mass is 238 g/mol. The fourth-order valence-corrected chi connectivity index (χ4v) is 2.52. The van der Waals surface area contributed by atoms with Crippen molar-refractivity contribution in [2.75, 3.05) is 0 Å². The van der Waals surface area contributed by atoms with E-state index in [-0.39, 0.29) is 0 Å². The summed E-state index contributed by atoms with van der Waals surface area (Å²) in [7, 11) is 0. The normalized spacial score (nSPS) is 12.7. The topological polar surface area (TPSA) is 20.2 Å². The zero-order valence-corrected chi connectivity index (χ0v) is 9.85. The molecule has 0 fully saturated rings. The Kier molecular flexibility index (Phi) is 3.10. The Balaban J connectivity index is 2.32. The average molecular weight is 239 g/mol. The third kappa shape index (κ3) is 2.23. The lowest BCUT2D eigenvalue weighted by atomic mass is 10.1. The number of aryl methyl sites for hydroxylation is 1. The van der Waals surface area contributed by atoms with Crippen LogP contribution in [0.4, 0.5) is 0 Å². The van der Waals surface area contributed by atoms with Crippen LogP contribution in [0.1, 0.15) is 22.1 Å². The van der Waals surface area contributed by atoms with Crippen molar-refractivity contribution in [3.8, 4) is 0 Å². The van der Waals surface area contributed by atoms with Gasteiger partial charge in [0.2, 0.25) is 0 Å². The second-order valence-electron chi connectivity index (χ2n) is 3.42. The number of hydrogen-bond donors (Lipinski definition) is 1. The van der Waals surface area contributed by atoms with Crippen molar-refractivity contribution >= 4 is 22.9 Å². The molecular formula is C12H11ClOS. The Morgan fingerprint density at radius 1 is 1.20 bits per heavy atom. The van der Waals surface area contributed by atoms with Crippen molar-refractivity contribution in [1.82, 2.24) is 0 Å². The fourth-order valence-electron chi connectivity index (χ4n) is 1.46. The van der Waals surface area contributed by atoms with Gasteiger partial charge in [-0.3, -0.25) is 0 Å². The number of aliphatic hydroxyl groups is 1. The number of benzene rings is 1. The second-order valence-corrected chi connectivity index (χ2v) is 4.81. The molecule has 1 atom stereocenters. The van der Waals surface area contributed by atoms with E-state index in [1.165, 1.54) is 0 Å². The number of hydrogen-bond acceptors (Lipinski definition) is 2. The summed E-state index contributed by atoms with van der Waals surface area (Å²) >= 11 is 7.37. The van der Waals surface area contributed by atoms with Gasteiger partial charge in [0.15, 0.2) is 0 Å². The highest BCUT2D eigenvalue weighted by molar-refractivity contribution is 7.10. The maximum Gasteiger partial charge on any atom is 0.113 e. The van der Waals surface area contributed by atoms with E-state index in [0.717, 1.165) is 16.0 Å². The smallest absolute Gasteiger partial charge is 0.113 e. The van der Waals surface area contributed by atoms with Gasteiger partial charge in [-0.05, 0) is 41.6 Å². The quantitative estimate of drug-likeness (QED) is 0.844. The lowest BCUT2D eigenvalue weighted by Crippen LogP contribution is -1.98. The van der Waals surface area contributed by atoms with E-state index >= 15 is 0 Å². The molecule has 0 spiro atoms. The van der Waals surface area contributed by atoms with Crippen LogP contribution in [0.25, 0.3) is 0 Å². The molecular weight excluding hydrogens is 228 g/mol. The van der Waals surface area contributed by atoms with Gasteiger partial charge in [0.1, 0.15) is 6.10 Å². The largest absolute Gasteiger partial charge is 0.383 e. The highest BCUT2D eigenvalue weighted by Crippen LogP contribution is 2.29. The van der Waals surface area contributed by atoms with Gasteiger partial charge >= 0.3 is 0 Å². The van der Waals surface area contributed by atoms with E-state index in [4.69, 9.17) is 11.6 Å². The SMILES string of the molecule is Cc1ccsc1C(O)c1ccc(Cl)cc1. The number of halogens is 1. The van der Waals surface area contributed by atoms with Crippen LogP contribution in [0.2, 0.25) is 5.02 Å². The first-order valence-corrected chi connectivity index (χ1v) is 5.92. The van der Waals surface area contributed by atoms with E-state index in [9.17, 15) is 5.11 Å². The molecule has 0 radical (unpaired) electrons. The molecule has 0 bridgehead atoms. The van der Waals surface area contributed by atoms with Crippen molar-refractivity contribution in [3.63, 3.8) is 0 Å². The van der Waals surface area contributed by atoms with Gasteiger partial charge in [0.05, 0.1) is 0 Å². The molecule has 2 rings (SSSR count). The fraction of sp³-hybridized carbons (Fsp3) is 0.167. The van der Waals surface area contributed by atoms with Crippen molar-refractivity contribution < 1.29 is 5.11 Å². The first-order chi connectivity index (χ1) is 7.18. The molecule has 3 heteroatoms. The highest BCUT2D eigenvalue weighted by atomic mass is 35.5. The lowest BCUT2D eigenvalue weighted by Gasteiger charge is -2.10. The second kappa shape index (κ2) is 4.35. The van der Waals surface area contributed by atoms with Crippen LogP contribution >= 0.6 is 22.9 Å². The molecule has 0 saturated carbocycles. The summed E-state index contributed by atoms with van der Waals surface area (Å²) in [5, 5.41) is 12.8. The predicted octanol–water partition coefficient (Wildman–Crippen LogP) is 3.79. The van der Waals surface area contributed by atoms with Gasteiger partial charge in [0, 0.05) is 9.90 Å². The molecule has 0 aliphatic carbocycles. The molecule has 15 heavy (non-hydrogen) atoms. The standard InChI is InChI=1S/C12H11ClOS/c1-8-6-7-15-12(8)11(14)9-2-4-10(13)5-3-9/h2-7,11,14H,1H3. The first-order valence-electron chi connectivity index (χ1n) is 4.66.